The fourth-order valence-corrected chi connectivity index (χ4v) is 1.89. The van der Waals surface area contributed by atoms with Crippen LogP contribution in [-0.2, 0) is 6.42 Å². The van der Waals surface area contributed by atoms with Crippen LogP contribution in [0.15, 0.2) is 42.5 Å². The smallest absolute Gasteiger partial charge is 0.0618 e. The van der Waals surface area contributed by atoms with Crippen molar-refractivity contribution >= 4 is 17.1 Å². The molecule has 0 saturated carbocycles. The SMILES string of the molecule is CCc1ccccc1Nc1ccc(C)cc1N. The van der Waals surface area contributed by atoms with E-state index >= 15 is 0 Å². The molecule has 17 heavy (non-hydrogen) atoms. The molecule has 0 aliphatic rings. The van der Waals surface area contributed by atoms with Gasteiger partial charge in [0.25, 0.3) is 0 Å². The molecule has 0 aliphatic carbocycles. The molecule has 0 saturated heterocycles. The molecule has 2 aromatic carbocycles. The Kier molecular flexibility index (Phi) is 3.33. The average molecular weight is 226 g/mol. The van der Waals surface area contributed by atoms with E-state index in [1.165, 1.54) is 11.1 Å². The molecule has 0 unspecified atom stereocenters. The van der Waals surface area contributed by atoms with Crippen molar-refractivity contribution < 1.29 is 0 Å². The highest BCUT2D eigenvalue weighted by Gasteiger charge is 2.03. The van der Waals surface area contributed by atoms with E-state index in [0.717, 1.165) is 23.5 Å². The summed E-state index contributed by atoms with van der Waals surface area (Å²) in [7, 11) is 0. The molecule has 2 nitrogen and oxygen atoms in total. The summed E-state index contributed by atoms with van der Waals surface area (Å²) in [5, 5.41) is 3.39. The Morgan fingerprint density at radius 2 is 1.82 bits per heavy atom. The van der Waals surface area contributed by atoms with Gasteiger partial charge in [0.15, 0.2) is 0 Å². The number of rotatable bonds is 3. The molecule has 2 rings (SSSR count). The first kappa shape index (κ1) is 11.5. The Morgan fingerprint density at radius 3 is 2.53 bits per heavy atom. The minimum absolute atomic E-state index is 0.788. The first-order valence-electron chi connectivity index (χ1n) is 5.91. The number of benzene rings is 2. The Hall–Kier alpha value is -1.96. The predicted molar refractivity (Wildman–Crippen MR) is 74.7 cm³/mol. The van der Waals surface area contributed by atoms with Crippen molar-refractivity contribution in [2.45, 2.75) is 20.3 Å². The van der Waals surface area contributed by atoms with Gasteiger partial charge in [0.2, 0.25) is 0 Å². The van der Waals surface area contributed by atoms with E-state index in [0.29, 0.717) is 0 Å². The highest BCUT2D eigenvalue weighted by atomic mass is 14.9. The Bertz CT molecular complexity index is 518. The monoisotopic (exact) mass is 226 g/mol. The van der Waals surface area contributed by atoms with E-state index in [2.05, 4.69) is 36.5 Å². The average Bonchev–Trinajstić information content (AvgIpc) is 2.33. The number of nitrogen functional groups attached to an aromatic ring is 1. The largest absolute Gasteiger partial charge is 0.397 e. The Labute approximate surface area is 102 Å². The van der Waals surface area contributed by atoms with Gasteiger partial charge in [0.05, 0.1) is 11.4 Å². The molecule has 0 radical (unpaired) electrons. The van der Waals surface area contributed by atoms with Crippen LogP contribution in [0, 0.1) is 6.92 Å². The van der Waals surface area contributed by atoms with Crippen LogP contribution in [-0.4, -0.2) is 0 Å². The maximum atomic E-state index is 6.00. The minimum Gasteiger partial charge on any atom is -0.397 e. The fourth-order valence-electron chi connectivity index (χ4n) is 1.89. The predicted octanol–water partition coefficient (Wildman–Crippen LogP) is 3.88. The number of anilines is 3. The lowest BCUT2D eigenvalue weighted by atomic mass is 10.1. The molecule has 2 aromatic rings. The summed E-state index contributed by atoms with van der Waals surface area (Å²) >= 11 is 0. The van der Waals surface area contributed by atoms with Gasteiger partial charge in [-0.05, 0) is 42.7 Å². The molecule has 0 amide bonds. The molecule has 0 heterocycles. The Balaban J connectivity index is 2.31. The van der Waals surface area contributed by atoms with Crippen LogP contribution in [0.4, 0.5) is 17.1 Å². The molecule has 0 atom stereocenters. The van der Waals surface area contributed by atoms with Crippen molar-refractivity contribution in [3.05, 3.63) is 53.6 Å². The number of nitrogens with one attached hydrogen (secondary N) is 1. The molecule has 0 aliphatic heterocycles. The van der Waals surface area contributed by atoms with E-state index < -0.39 is 0 Å². The zero-order valence-electron chi connectivity index (χ0n) is 10.3. The second kappa shape index (κ2) is 4.91. The first-order chi connectivity index (χ1) is 8.20. The van der Waals surface area contributed by atoms with Crippen LogP contribution in [0.25, 0.3) is 0 Å². The third kappa shape index (κ3) is 2.59. The number of hydrogen-bond acceptors (Lipinski definition) is 2. The zero-order valence-corrected chi connectivity index (χ0v) is 10.3. The molecule has 2 heteroatoms. The van der Waals surface area contributed by atoms with Crippen molar-refractivity contribution in [3.63, 3.8) is 0 Å². The summed E-state index contributed by atoms with van der Waals surface area (Å²) in [6.45, 7) is 4.19. The van der Waals surface area contributed by atoms with Gasteiger partial charge in [-0.15, -0.1) is 0 Å². The number of aryl methyl sites for hydroxylation is 2. The van der Waals surface area contributed by atoms with Crippen molar-refractivity contribution in [3.8, 4) is 0 Å². The molecule has 0 spiro atoms. The summed E-state index contributed by atoms with van der Waals surface area (Å²) in [4.78, 5) is 0. The van der Waals surface area contributed by atoms with Crippen LogP contribution in [0.2, 0.25) is 0 Å². The van der Waals surface area contributed by atoms with Crippen LogP contribution in [0.5, 0.6) is 0 Å². The quantitative estimate of drug-likeness (QED) is 0.779. The summed E-state index contributed by atoms with van der Waals surface area (Å²) in [5.74, 6) is 0. The third-order valence-electron chi connectivity index (χ3n) is 2.87. The van der Waals surface area contributed by atoms with E-state index in [1.54, 1.807) is 0 Å². The van der Waals surface area contributed by atoms with Crippen LogP contribution < -0.4 is 11.1 Å². The summed E-state index contributed by atoms with van der Waals surface area (Å²) in [5.41, 5.74) is 11.4. The van der Waals surface area contributed by atoms with Gasteiger partial charge in [-0.25, -0.2) is 0 Å². The van der Waals surface area contributed by atoms with E-state index in [1.807, 2.05) is 25.1 Å². The van der Waals surface area contributed by atoms with E-state index in [4.69, 9.17) is 5.73 Å². The van der Waals surface area contributed by atoms with E-state index in [9.17, 15) is 0 Å². The van der Waals surface area contributed by atoms with Gasteiger partial charge in [-0.3, -0.25) is 0 Å². The first-order valence-corrected chi connectivity index (χ1v) is 5.91. The fraction of sp³-hybridized carbons (Fsp3) is 0.200. The molecule has 0 aromatic heterocycles. The number of para-hydroxylation sites is 1. The molecule has 0 bridgehead atoms. The van der Waals surface area contributed by atoms with E-state index in [-0.39, 0.29) is 0 Å². The van der Waals surface area contributed by atoms with Gasteiger partial charge in [-0.2, -0.15) is 0 Å². The lowest BCUT2D eigenvalue weighted by Gasteiger charge is -2.13. The van der Waals surface area contributed by atoms with Crippen molar-refractivity contribution in [1.29, 1.82) is 0 Å². The Morgan fingerprint density at radius 1 is 1.06 bits per heavy atom. The number of hydrogen-bond donors (Lipinski definition) is 2. The lowest BCUT2D eigenvalue weighted by molar-refractivity contribution is 1.14. The third-order valence-corrected chi connectivity index (χ3v) is 2.87. The van der Waals surface area contributed by atoms with Crippen molar-refractivity contribution in [1.82, 2.24) is 0 Å². The topological polar surface area (TPSA) is 38.0 Å². The highest BCUT2D eigenvalue weighted by molar-refractivity contribution is 5.74. The van der Waals surface area contributed by atoms with Crippen molar-refractivity contribution in [2.75, 3.05) is 11.1 Å². The normalized spacial score (nSPS) is 10.2. The highest BCUT2D eigenvalue weighted by Crippen LogP contribution is 2.26. The zero-order chi connectivity index (χ0) is 12.3. The minimum atomic E-state index is 0.788. The molecule has 0 fully saturated rings. The van der Waals surface area contributed by atoms with Gasteiger partial charge in [0.1, 0.15) is 0 Å². The summed E-state index contributed by atoms with van der Waals surface area (Å²) < 4.78 is 0. The standard InChI is InChI=1S/C15H18N2/c1-3-12-6-4-5-7-14(12)17-15-9-8-11(2)10-13(15)16/h4-10,17H,3,16H2,1-2H3. The van der Waals surface area contributed by atoms with Crippen LogP contribution >= 0.6 is 0 Å². The summed E-state index contributed by atoms with van der Waals surface area (Å²) in [6.07, 6.45) is 1.01. The second-order valence-electron chi connectivity index (χ2n) is 4.23. The van der Waals surface area contributed by atoms with Gasteiger partial charge in [0, 0.05) is 5.69 Å². The maximum Gasteiger partial charge on any atom is 0.0618 e. The number of nitrogens with two attached hydrogens (primary N) is 1. The maximum absolute atomic E-state index is 6.00. The van der Waals surface area contributed by atoms with Gasteiger partial charge < -0.3 is 11.1 Å². The molecular formula is C15H18N2. The summed E-state index contributed by atoms with van der Waals surface area (Å²) in [6, 6.07) is 14.4. The van der Waals surface area contributed by atoms with Gasteiger partial charge >= 0.3 is 0 Å². The lowest BCUT2D eigenvalue weighted by Crippen LogP contribution is -1.99. The molecule has 3 N–H and O–H groups in total. The molecular weight excluding hydrogens is 208 g/mol. The molecule has 88 valence electrons. The van der Waals surface area contributed by atoms with Crippen molar-refractivity contribution in [2.24, 2.45) is 0 Å². The second-order valence-corrected chi connectivity index (χ2v) is 4.23. The van der Waals surface area contributed by atoms with Gasteiger partial charge in [-0.1, -0.05) is 31.2 Å². The van der Waals surface area contributed by atoms with Crippen LogP contribution in [0.1, 0.15) is 18.1 Å². The van der Waals surface area contributed by atoms with Crippen LogP contribution in [0.3, 0.4) is 0 Å².